The van der Waals surface area contributed by atoms with Crippen LogP contribution in [0, 0.1) is 17.0 Å². The fraction of sp³-hybridized carbons (Fsp3) is 0.200. The first kappa shape index (κ1) is 13.9. The average molecular weight is 272 g/mol. The van der Waals surface area contributed by atoms with E-state index in [-0.39, 0.29) is 16.4 Å². The molecule has 0 atom stereocenters. The molecule has 0 aromatic heterocycles. The van der Waals surface area contributed by atoms with Crippen LogP contribution in [0.25, 0.3) is 0 Å². The Morgan fingerprint density at radius 1 is 1.20 bits per heavy atom. The van der Waals surface area contributed by atoms with E-state index >= 15 is 0 Å². The molecule has 0 unspecified atom stereocenters. The van der Waals surface area contributed by atoms with E-state index in [1.54, 1.807) is 37.3 Å². The molecular formula is C15H16N2O3. The van der Waals surface area contributed by atoms with Gasteiger partial charge in [-0.2, -0.15) is 0 Å². The lowest BCUT2D eigenvalue weighted by molar-refractivity contribution is -0.384. The fourth-order valence-corrected chi connectivity index (χ4v) is 2.05. The zero-order chi connectivity index (χ0) is 14.5. The Balaban J connectivity index is 2.02. The van der Waals surface area contributed by atoms with Gasteiger partial charge in [0, 0.05) is 12.1 Å². The van der Waals surface area contributed by atoms with Crippen LogP contribution in [-0.4, -0.2) is 16.6 Å². The Morgan fingerprint density at radius 3 is 2.55 bits per heavy atom. The SMILES string of the molecule is Cc1cccc(NCCc2ccc(O)cc2)c1[N+](=O)[O-]. The number of nitro groups is 1. The molecule has 0 heterocycles. The molecule has 0 amide bonds. The number of nitrogens with one attached hydrogen (secondary N) is 1. The third kappa shape index (κ3) is 3.26. The Labute approximate surface area is 117 Å². The molecular weight excluding hydrogens is 256 g/mol. The highest BCUT2D eigenvalue weighted by molar-refractivity contribution is 5.65. The van der Waals surface area contributed by atoms with E-state index in [1.165, 1.54) is 0 Å². The number of hydrogen-bond donors (Lipinski definition) is 2. The van der Waals surface area contributed by atoms with Crippen molar-refractivity contribution in [3.05, 3.63) is 63.7 Å². The van der Waals surface area contributed by atoms with Gasteiger partial charge < -0.3 is 10.4 Å². The second-order valence-corrected chi connectivity index (χ2v) is 4.57. The van der Waals surface area contributed by atoms with E-state index < -0.39 is 0 Å². The summed E-state index contributed by atoms with van der Waals surface area (Å²) in [6.07, 6.45) is 0.728. The zero-order valence-electron chi connectivity index (χ0n) is 11.2. The van der Waals surface area contributed by atoms with Gasteiger partial charge in [-0.1, -0.05) is 24.3 Å². The highest BCUT2D eigenvalue weighted by atomic mass is 16.6. The molecule has 104 valence electrons. The van der Waals surface area contributed by atoms with Gasteiger partial charge >= 0.3 is 0 Å². The number of rotatable bonds is 5. The van der Waals surface area contributed by atoms with E-state index in [2.05, 4.69) is 5.32 Å². The maximum atomic E-state index is 11.1. The van der Waals surface area contributed by atoms with Gasteiger partial charge in [0.2, 0.25) is 0 Å². The smallest absolute Gasteiger partial charge is 0.295 e. The third-order valence-electron chi connectivity index (χ3n) is 3.09. The van der Waals surface area contributed by atoms with Crippen LogP contribution in [0.15, 0.2) is 42.5 Å². The largest absolute Gasteiger partial charge is 0.508 e. The van der Waals surface area contributed by atoms with E-state index in [4.69, 9.17) is 0 Å². The van der Waals surface area contributed by atoms with E-state index in [9.17, 15) is 15.2 Å². The molecule has 2 N–H and O–H groups in total. The summed E-state index contributed by atoms with van der Waals surface area (Å²) in [5, 5.41) is 23.3. The maximum absolute atomic E-state index is 11.1. The fourth-order valence-electron chi connectivity index (χ4n) is 2.05. The highest BCUT2D eigenvalue weighted by Gasteiger charge is 2.15. The Bertz CT molecular complexity index is 609. The molecule has 0 aliphatic carbocycles. The van der Waals surface area contributed by atoms with Crippen molar-refractivity contribution in [3.63, 3.8) is 0 Å². The van der Waals surface area contributed by atoms with Crippen LogP contribution in [0.4, 0.5) is 11.4 Å². The quantitative estimate of drug-likeness (QED) is 0.647. The Hall–Kier alpha value is -2.56. The first-order chi connectivity index (χ1) is 9.58. The van der Waals surface area contributed by atoms with Crippen molar-refractivity contribution >= 4 is 11.4 Å². The number of nitrogens with zero attached hydrogens (tertiary/aromatic N) is 1. The molecule has 0 aliphatic heterocycles. The first-order valence-electron chi connectivity index (χ1n) is 6.33. The Kier molecular flexibility index (Phi) is 4.20. The van der Waals surface area contributed by atoms with Crippen LogP contribution >= 0.6 is 0 Å². The predicted molar refractivity (Wildman–Crippen MR) is 78.1 cm³/mol. The third-order valence-corrected chi connectivity index (χ3v) is 3.09. The van der Waals surface area contributed by atoms with Crippen LogP contribution in [-0.2, 0) is 6.42 Å². The van der Waals surface area contributed by atoms with Gasteiger partial charge in [0.15, 0.2) is 0 Å². The number of benzene rings is 2. The van der Waals surface area contributed by atoms with Crippen molar-refractivity contribution in [2.24, 2.45) is 0 Å². The van der Waals surface area contributed by atoms with Crippen LogP contribution in [0.2, 0.25) is 0 Å². The van der Waals surface area contributed by atoms with Crippen molar-refractivity contribution in [2.45, 2.75) is 13.3 Å². The summed E-state index contributed by atoms with van der Waals surface area (Å²) in [6.45, 7) is 2.32. The number of nitro benzene ring substituents is 1. The number of aryl methyl sites for hydroxylation is 1. The molecule has 2 rings (SSSR count). The lowest BCUT2D eigenvalue weighted by Crippen LogP contribution is -2.07. The molecule has 20 heavy (non-hydrogen) atoms. The summed E-state index contributed by atoms with van der Waals surface area (Å²) in [7, 11) is 0. The topological polar surface area (TPSA) is 75.4 Å². The summed E-state index contributed by atoms with van der Waals surface area (Å²) in [6, 6.07) is 12.2. The van der Waals surface area contributed by atoms with Crippen molar-refractivity contribution in [3.8, 4) is 5.75 Å². The highest BCUT2D eigenvalue weighted by Crippen LogP contribution is 2.27. The van der Waals surface area contributed by atoms with Gasteiger partial charge in [-0.15, -0.1) is 0 Å². The molecule has 0 bridgehead atoms. The number of anilines is 1. The van der Waals surface area contributed by atoms with Crippen LogP contribution in [0.3, 0.4) is 0 Å². The molecule has 5 heteroatoms. The second kappa shape index (κ2) is 6.06. The molecule has 0 fully saturated rings. The van der Waals surface area contributed by atoms with E-state index in [0.29, 0.717) is 17.8 Å². The molecule has 0 saturated carbocycles. The minimum atomic E-state index is -0.363. The number of para-hydroxylation sites is 1. The molecule has 2 aromatic rings. The average Bonchev–Trinajstić information content (AvgIpc) is 2.40. The lowest BCUT2D eigenvalue weighted by atomic mass is 10.1. The molecule has 0 saturated heterocycles. The predicted octanol–water partition coefficient (Wildman–Crippen LogP) is 3.26. The van der Waals surface area contributed by atoms with Crippen LogP contribution in [0.1, 0.15) is 11.1 Å². The summed E-state index contributed by atoms with van der Waals surface area (Å²) in [4.78, 5) is 10.7. The minimum absolute atomic E-state index is 0.123. The van der Waals surface area contributed by atoms with Crippen molar-refractivity contribution < 1.29 is 10.0 Å². The number of phenols is 1. The summed E-state index contributed by atoms with van der Waals surface area (Å²) < 4.78 is 0. The van der Waals surface area contributed by atoms with Gasteiger partial charge in [-0.3, -0.25) is 10.1 Å². The van der Waals surface area contributed by atoms with Gasteiger partial charge in [0.05, 0.1) is 4.92 Å². The van der Waals surface area contributed by atoms with Crippen molar-refractivity contribution in [1.29, 1.82) is 0 Å². The minimum Gasteiger partial charge on any atom is -0.508 e. The van der Waals surface area contributed by atoms with Gasteiger partial charge in [-0.25, -0.2) is 0 Å². The van der Waals surface area contributed by atoms with Gasteiger partial charge in [-0.05, 0) is 37.1 Å². The van der Waals surface area contributed by atoms with E-state index in [1.807, 2.05) is 12.1 Å². The molecule has 0 radical (unpaired) electrons. The molecule has 0 spiro atoms. The zero-order valence-corrected chi connectivity index (χ0v) is 11.2. The monoisotopic (exact) mass is 272 g/mol. The summed E-state index contributed by atoms with van der Waals surface area (Å²) in [5.74, 6) is 0.232. The standard InChI is InChI=1S/C15H16N2O3/c1-11-3-2-4-14(15(11)17(19)20)16-10-9-12-5-7-13(18)8-6-12/h2-8,16,18H,9-10H2,1H3. The first-order valence-corrected chi connectivity index (χ1v) is 6.33. The maximum Gasteiger partial charge on any atom is 0.295 e. The van der Waals surface area contributed by atoms with Crippen LogP contribution < -0.4 is 5.32 Å². The van der Waals surface area contributed by atoms with Crippen LogP contribution in [0.5, 0.6) is 5.75 Å². The summed E-state index contributed by atoms with van der Waals surface area (Å²) in [5.41, 5.74) is 2.36. The number of hydrogen-bond acceptors (Lipinski definition) is 4. The van der Waals surface area contributed by atoms with Crippen molar-refractivity contribution in [2.75, 3.05) is 11.9 Å². The van der Waals surface area contributed by atoms with Gasteiger partial charge in [0.25, 0.3) is 5.69 Å². The van der Waals surface area contributed by atoms with Crippen molar-refractivity contribution in [1.82, 2.24) is 0 Å². The van der Waals surface area contributed by atoms with Gasteiger partial charge in [0.1, 0.15) is 11.4 Å². The Morgan fingerprint density at radius 2 is 1.90 bits per heavy atom. The molecule has 0 aliphatic rings. The molecule has 2 aromatic carbocycles. The second-order valence-electron chi connectivity index (χ2n) is 4.57. The molecule has 5 nitrogen and oxygen atoms in total. The number of aromatic hydroxyl groups is 1. The lowest BCUT2D eigenvalue weighted by Gasteiger charge is -2.08. The normalized spacial score (nSPS) is 10.2. The summed E-state index contributed by atoms with van der Waals surface area (Å²) >= 11 is 0. The van der Waals surface area contributed by atoms with E-state index in [0.717, 1.165) is 12.0 Å². The number of phenolic OH excluding ortho intramolecular Hbond substituents is 1.